The second-order valence-electron chi connectivity index (χ2n) is 3.74. The van der Waals surface area contributed by atoms with Crippen molar-refractivity contribution >= 4 is 5.97 Å². The van der Waals surface area contributed by atoms with Gasteiger partial charge in [0.15, 0.2) is 5.75 Å². The summed E-state index contributed by atoms with van der Waals surface area (Å²) in [6.45, 7) is 0.877. The summed E-state index contributed by atoms with van der Waals surface area (Å²) in [7, 11) is 0. The second-order valence-corrected chi connectivity index (χ2v) is 3.74. The van der Waals surface area contributed by atoms with Crippen molar-refractivity contribution in [3.63, 3.8) is 0 Å². The number of halogens is 6. The molecule has 1 aromatic rings. The molecule has 0 aliphatic heterocycles. The minimum Gasteiger partial charge on any atom is -0.462 e. The Balaban J connectivity index is 3.68. The van der Waals surface area contributed by atoms with Crippen LogP contribution in [-0.4, -0.2) is 18.9 Å². The number of carbonyl (C=O) groups is 1. The van der Waals surface area contributed by atoms with Crippen molar-refractivity contribution in [2.75, 3.05) is 6.61 Å². The number of hydrogen-bond donors (Lipinski definition) is 0. The Kier molecular flexibility index (Phi) is 4.91. The molecule has 0 radical (unpaired) electrons. The quantitative estimate of drug-likeness (QED) is 0.628. The van der Waals surface area contributed by atoms with E-state index in [2.05, 4.69) is 9.47 Å². The van der Waals surface area contributed by atoms with E-state index in [1.165, 1.54) is 13.0 Å². The van der Waals surface area contributed by atoms with Crippen molar-refractivity contribution in [1.29, 1.82) is 5.26 Å². The molecule has 0 spiro atoms. The van der Waals surface area contributed by atoms with Gasteiger partial charge in [-0.3, -0.25) is 0 Å². The summed E-state index contributed by atoms with van der Waals surface area (Å²) in [6.07, 6.45) is -10.5. The molecule has 0 atom stereocenters. The minimum atomic E-state index is -5.39. The van der Waals surface area contributed by atoms with E-state index in [4.69, 9.17) is 5.26 Å². The molecule has 120 valence electrons. The molecule has 0 bridgehead atoms. The zero-order chi connectivity index (χ0) is 17.1. The van der Waals surface area contributed by atoms with E-state index in [1.807, 2.05) is 0 Å². The van der Waals surface area contributed by atoms with E-state index in [9.17, 15) is 31.1 Å². The lowest BCUT2D eigenvalue weighted by molar-refractivity contribution is -0.275. The highest BCUT2D eigenvalue weighted by Crippen LogP contribution is 2.40. The summed E-state index contributed by atoms with van der Waals surface area (Å²) >= 11 is 0. The predicted octanol–water partition coefficient (Wildman–Crippen LogP) is 3.65. The third-order valence-corrected chi connectivity index (χ3v) is 2.28. The number of nitrogens with zero attached hydrogens (tertiary/aromatic N) is 1. The summed E-state index contributed by atoms with van der Waals surface area (Å²) in [6, 6.07) is 2.03. The number of alkyl halides is 6. The number of carbonyl (C=O) groups excluding carboxylic acids is 1. The van der Waals surface area contributed by atoms with Crippen LogP contribution in [0.25, 0.3) is 0 Å². The van der Waals surface area contributed by atoms with Gasteiger partial charge >= 0.3 is 18.5 Å². The van der Waals surface area contributed by atoms with Crippen LogP contribution in [0.4, 0.5) is 26.3 Å². The Morgan fingerprint density at radius 1 is 1.23 bits per heavy atom. The first-order valence-corrected chi connectivity index (χ1v) is 5.58. The van der Waals surface area contributed by atoms with Gasteiger partial charge in [-0.05, 0) is 19.1 Å². The van der Waals surface area contributed by atoms with Gasteiger partial charge in [-0.1, -0.05) is 0 Å². The van der Waals surface area contributed by atoms with Gasteiger partial charge in [0.1, 0.15) is 11.6 Å². The number of ether oxygens (including phenoxy) is 2. The van der Waals surface area contributed by atoms with Crippen molar-refractivity contribution in [2.24, 2.45) is 0 Å². The highest BCUT2D eigenvalue weighted by atomic mass is 19.4. The average Bonchev–Trinajstić information content (AvgIpc) is 2.35. The van der Waals surface area contributed by atoms with Crippen molar-refractivity contribution in [3.05, 3.63) is 28.8 Å². The van der Waals surface area contributed by atoms with Crippen molar-refractivity contribution in [2.45, 2.75) is 19.5 Å². The van der Waals surface area contributed by atoms with Crippen LogP contribution in [0.3, 0.4) is 0 Å². The van der Waals surface area contributed by atoms with E-state index < -0.39 is 40.9 Å². The Bertz CT molecular complexity index is 615. The monoisotopic (exact) mass is 327 g/mol. The first-order chi connectivity index (χ1) is 10.0. The number of nitriles is 1. The highest BCUT2D eigenvalue weighted by Gasteiger charge is 2.42. The smallest absolute Gasteiger partial charge is 0.462 e. The van der Waals surface area contributed by atoms with Crippen molar-refractivity contribution in [1.82, 2.24) is 0 Å². The Labute approximate surface area is 119 Å². The van der Waals surface area contributed by atoms with E-state index in [-0.39, 0.29) is 6.61 Å². The third-order valence-electron chi connectivity index (χ3n) is 2.28. The normalized spacial score (nSPS) is 11.7. The van der Waals surface area contributed by atoms with Crippen LogP contribution in [0.15, 0.2) is 12.1 Å². The van der Waals surface area contributed by atoms with Crippen molar-refractivity contribution in [3.8, 4) is 11.8 Å². The number of rotatable bonds is 3. The third kappa shape index (κ3) is 4.03. The maximum absolute atomic E-state index is 12.9. The fourth-order valence-electron chi connectivity index (χ4n) is 1.53. The van der Waals surface area contributed by atoms with E-state index in [0.717, 1.165) is 0 Å². The maximum atomic E-state index is 12.9. The molecule has 0 aliphatic carbocycles. The number of benzene rings is 1. The molecule has 0 aliphatic rings. The van der Waals surface area contributed by atoms with Crippen molar-refractivity contribution < 1.29 is 40.6 Å². The van der Waals surface area contributed by atoms with Crippen LogP contribution in [0, 0.1) is 11.3 Å². The topological polar surface area (TPSA) is 59.3 Å². The zero-order valence-electron chi connectivity index (χ0n) is 10.8. The Hall–Kier alpha value is -2.44. The molecule has 0 unspecified atom stereocenters. The van der Waals surface area contributed by atoms with Gasteiger partial charge in [0, 0.05) is 0 Å². The zero-order valence-corrected chi connectivity index (χ0v) is 10.8. The molecule has 22 heavy (non-hydrogen) atoms. The second kappa shape index (κ2) is 6.13. The van der Waals surface area contributed by atoms with Crippen LogP contribution in [-0.2, 0) is 10.9 Å². The molecular formula is C12H7F6NO3. The van der Waals surface area contributed by atoms with E-state index in [0.29, 0.717) is 12.1 Å². The summed E-state index contributed by atoms with van der Waals surface area (Å²) < 4.78 is 83.4. The average molecular weight is 327 g/mol. The highest BCUT2D eigenvalue weighted by molar-refractivity contribution is 5.95. The Morgan fingerprint density at radius 3 is 2.23 bits per heavy atom. The summed E-state index contributed by atoms with van der Waals surface area (Å²) in [4.78, 5) is 11.6. The largest absolute Gasteiger partial charge is 0.573 e. The van der Waals surface area contributed by atoms with Gasteiger partial charge in [0.2, 0.25) is 0 Å². The Morgan fingerprint density at radius 2 is 1.82 bits per heavy atom. The van der Waals surface area contributed by atoms with Gasteiger partial charge in [-0.25, -0.2) is 4.79 Å². The van der Waals surface area contributed by atoms with Crippen LogP contribution in [0.1, 0.15) is 28.4 Å². The summed E-state index contributed by atoms with van der Waals surface area (Å²) in [5.41, 5.74) is -4.07. The molecule has 0 fully saturated rings. The molecule has 4 nitrogen and oxygen atoms in total. The molecule has 0 N–H and O–H groups in total. The maximum Gasteiger partial charge on any atom is 0.573 e. The fraction of sp³-hybridized carbons (Fsp3) is 0.333. The van der Waals surface area contributed by atoms with Gasteiger partial charge < -0.3 is 9.47 Å². The van der Waals surface area contributed by atoms with Gasteiger partial charge in [0.05, 0.1) is 17.7 Å². The molecule has 0 saturated carbocycles. The molecule has 1 aromatic carbocycles. The molecule has 0 amide bonds. The summed E-state index contributed by atoms with van der Waals surface area (Å²) in [5.74, 6) is -3.21. The SMILES string of the molecule is CCOC(=O)c1c(C(F)(F)F)ccc(C#N)c1OC(F)(F)F. The van der Waals surface area contributed by atoms with Gasteiger partial charge in [-0.15, -0.1) is 13.2 Å². The first-order valence-electron chi connectivity index (χ1n) is 5.58. The lowest BCUT2D eigenvalue weighted by atomic mass is 10.0. The van der Waals surface area contributed by atoms with Crippen LogP contribution in [0.5, 0.6) is 5.75 Å². The molecule has 10 heteroatoms. The number of esters is 1. The van der Waals surface area contributed by atoms with Crippen LogP contribution < -0.4 is 4.74 Å². The summed E-state index contributed by atoms with van der Waals surface area (Å²) in [5, 5.41) is 8.71. The molecule has 0 aromatic heterocycles. The molecule has 0 saturated heterocycles. The van der Waals surface area contributed by atoms with Crippen LogP contribution in [0.2, 0.25) is 0 Å². The minimum absolute atomic E-state index is 0.314. The lowest BCUT2D eigenvalue weighted by Crippen LogP contribution is -2.23. The van der Waals surface area contributed by atoms with Crippen LogP contribution >= 0.6 is 0 Å². The molecular weight excluding hydrogens is 320 g/mol. The predicted molar refractivity (Wildman–Crippen MR) is 58.8 cm³/mol. The fourth-order valence-corrected chi connectivity index (χ4v) is 1.53. The number of hydrogen-bond acceptors (Lipinski definition) is 4. The van der Waals surface area contributed by atoms with Gasteiger partial charge in [0.25, 0.3) is 0 Å². The van der Waals surface area contributed by atoms with E-state index in [1.54, 1.807) is 0 Å². The standard InChI is InChI=1S/C12H7F6NO3/c1-2-21-10(20)8-7(11(13,14)15)4-3-6(5-19)9(8)22-12(16,17)18/h3-4H,2H2,1H3. The first kappa shape index (κ1) is 17.6. The molecule has 0 heterocycles. The van der Waals surface area contributed by atoms with E-state index >= 15 is 0 Å². The molecule has 1 rings (SSSR count). The lowest BCUT2D eigenvalue weighted by Gasteiger charge is -2.18. The van der Waals surface area contributed by atoms with Gasteiger partial charge in [-0.2, -0.15) is 18.4 Å².